The molecule has 1 heterocycles. The summed E-state index contributed by atoms with van der Waals surface area (Å²) in [5.41, 5.74) is 2.65. The minimum atomic E-state index is 0.0330. The number of fused-ring (bicyclic) bond motifs is 1. The van der Waals surface area contributed by atoms with Crippen LogP contribution in [0.3, 0.4) is 0 Å². The Bertz CT molecular complexity index is 432. The number of ether oxygens (including phenoxy) is 1. The maximum Gasteiger partial charge on any atom is 0.216 e. The summed E-state index contributed by atoms with van der Waals surface area (Å²) in [6.07, 6.45) is 2.91. The van der Waals surface area contributed by atoms with Crippen molar-refractivity contribution in [2.24, 2.45) is 0 Å². The smallest absolute Gasteiger partial charge is 0.216 e. The zero-order chi connectivity index (χ0) is 12.3. The molecule has 0 fully saturated rings. The summed E-state index contributed by atoms with van der Waals surface area (Å²) < 4.78 is 6.69. The van der Waals surface area contributed by atoms with Gasteiger partial charge in [-0.2, -0.15) is 0 Å². The van der Waals surface area contributed by atoms with Crippen molar-refractivity contribution in [1.29, 1.82) is 0 Å². The van der Waals surface area contributed by atoms with Crippen LogP contribution in [0.15, 0.2) is 16.6 Å². The first-order valence-corrected chi connectivity index (χ1v) is 6.65. The number of hydrogen-bond donors (Lipinski definition) is 1. The molecule has 1 N–H and O–H groups in total. The lowest BCUT2D eigenvalue weighted by atomic mass is 10.0. The van der Waals surface area contributed by atoms with Crippen molar-refractivity contribution in [3.8, 4) is 5.75 Å². The van der Waals surface area contributed by atoms with Gasteiger partial charge >= 0.3 is 0 Å². The Morgan fingerprint density at radius 2 is 2.35 bits per heavy atom. The molecular formula is C13H16BrNO2. The average Bonchev–Trinajstić information content (AvgIpc) is 2.74. The molecule has 17 heavy (non-hydrogen) atoms. The van der Waals surface area contributed by atoms with E-state index in [1.165, 1.54) is 11.1 Å². The second-order valence-corrected chi connectivity index (χ2v) is 5.04. The number of nitrogens with one attached hydrogen (secondary N) is 1. The highest BCUT2D eigenvalue weighted by Gasteiger charge is 2.17. The van der Waals surface area contributed by atoms with E-state index in [2.05, 4.69) is 21.2 Å². The van der Waals surface area contributed by atoms with Crippen molar-refractivity contribution in [2.75, 3.05) is 13.2 Å². The molecule has 3 nitrogen and oxygen atoms in total. The van der Waals surface area contributed by atoms with Gasteiger partial charge in [-0.15, -0.1) is 0 Å². The normalized spacial score (nSPS) is 13.1. The molecule has 0 unspecified atom stereocenters. The largest absolute Gasteiger partial charge is 0.493 e. The summed E-state index contributed by atoms with van der Waals surface area (Å²) in [6, 6.07) is 4.06. The highest BCUT2D eigenvalue weighted by Crippen LogP contribution is 2.33. The molecule has 0 saturated carbocycles. The maximum atomic E-state index is 10.8. The summed E-state index contributed by atoms with van der Waals surface area (Å²) in [5.74, 6) is 1.05. The Kier molecular flexibility index (Phi) is 4.05. The first kappa shape index (κ1) is 12.4. The predicted octanol–water partition coefficient (Wildman–Crippen LogP) is 2.45. The molecule has 1 aromatic carbocycles. The molecule has 92 valence electrons. The van der Waals surface area contributed by atoms with Gasteiger partial charge in [-0.1, -0.05) is 15.9 Å². The Balaban J connectivity index is 2.00. The average molecular weight is 298 g/mol. The fraction of sp³-hybridized carbons (Fsp3) is 0.462. The van der Waals surface area contributed by atoms with E-state index in [0.717, 1.165) is 42.6 Å². The van der Waals surface area contributed by atoms with Crippen LogP contribution >= 0.6 is 15.9 Å². The third-order valence-electron chi connectivity index (χ3n) is 2.92. The summed E-state index contributed by atoms with van der Waals surface area (Å²) in [6.45, 7) is 3.06. The monoisotopic (exact) mass is 297 g/mol. The second kappa shape index (κ2) is 5.54. The molecule has 0 atom stereocenters. The molecule has 1 aliphatic rings. The first-order chi connectivity index (χ1) is 8.18. The van der Waals surface area contributed by atoms with E-state index < -0.39 is 0 Å². The van der Waals surface area contributed by atoms with Gasteiger partial charge in [-0.05, 0) is 30.5 Å². The van der Waals surface area contributed by atoms with Crippen molar-refractivity contribution in [1.82, 2.24) is 5.32 Å². The van der Waals surface area contributed by atoms with Gasteiger partial charge in [0.2, 0.25) is 5.91 Å². The molecule has 0 saturated heterocycles. The van der Waals surface area contributed by atoms with E-state index in [4.69, 9.17) is 4.74 Å². The van der Waals surface area contributed by atoms with Gasteiger partial charge in [0.15, 0.2) is 0 Å². The highest BCUT2D eigenvalue weighted by molar-refractivity contribution is 9.10. The van der Waals surface area contributed by atoms with Gasteiger partial charge in [0.05, 0.1) is 6.61 Å². The molecule has 4 heteroatoms. The number of carbonyl (C=O) groups excluding carboxylic acids is 1. The molecule has 2 rings (SSSR count). The topological polar surface area (TPSA) is 38.3 Å². The summed E-state index contributed by atoms with van der Waals surface area (Å²) >= 11 is 3.59. The zero-order valence-electron chi connectivity index (χ0n) is 9.88. The lowest BCUT2D eigenvalue weighted by molar-refractivity contribution is -0.118. The highest BCUT2D eigenvalue weighted by atomic mass is 79.9. The van der Waals surface area contributed by atoms with Crippen LogP contribution in [0.25, 0.3) is 0 Å². The molecule has 1 amide bonds. The van der Waals surface area contributed by atoms with Crippen molar-refractivity contribution < 1.29 is 9.53 Å². The fourth-order valence-corrected chi connectivity index (χ4v) is 2.68. The molecule has 0 aromatic heterocycles. The van der Waals surface area contributed by atoms with Crippen LogP contribution in [-0.2, 0) is 17.6 Å². The van der Waals surface area contributed by atoms with Crippen molar-refractivity contribution in [3.63, 3.8) is 0 Å². The Labute approximate surface area is 110 Å². The van der Waals surface area contributed by atoms with Crippen molar-refractivity contribution in [3.05, 3.63) is 27.7 Å². The quantitative estimate of drug-likeness (QED) is 0.867. The van der Waals surface area contributed by atoms with Crippen LogP contribution in [-0.4, -0.2) is 19.1 Å². The van der Waals surface area contributed by atoms with Gasteiger partial charge in [-0.3, -0.25) is 4.79 Å². The molecular weight excluding hydrogens is 282 g/mol. The summed E-state index contributed by atoms with van der Waals surface area (Å²) in [7, 11) is 0. The number of hydrogen-bond acceptors (Lipinski definition) is 2. The number of rotatable bonds is 4. The van der Waals surface area contributed by atoms with Gasteiger partial charge in [0.25, 0.3) is 0 Å². The maximum absolute atomic E-state index is 10.8. The summed E-state index contributed by atoms with van der Waals surface area (Å²) in [4.78, 5) is 10.8. The number of amides is 1. The summed E-state index contributed by atoms with van der Waals surface area (Å²) in [5, 5.41) is 2.82. The fourth-order valence-electron chi connectivity index (χ4n) is 2.12. The minimum Gasteiger partial charge on any atom is -0.493 e. The second-order valence-electron chi connectivity index (χ2n) is 4.19. The van der Waals surface area contributed by atoms with Crippen LogP contribution in [0.5, 0.6) is 5.75 Å². The third-order valence-corrected chi connectivity index (χ3v) is 3.66. The number of carbonyl (C=O) groups is 1. The van der Waals surface area contributed by atoms with Gasteiger partial charge in [0, 0.05) is 29.9 Å². The third kappa shape index (κ3) is 3.00. The first-order valence-electron chi connectivity index (χ1n) is 5.86. The van der Waals surface area contributed by atoms with Gasteiger partial charge in [-0.25, -0.2) is 0 Å². The van der Waals surface area contributed by atoms with Crippen LogP contribution in [0.1, 0.15) is 24.5 Å². The Hall–Kier alpha value is -1.03. The van der Waals surface area contributed by atoms with Crippen LogP contribution in [0.2, 0.25) is 0 Å². The Morgan fingerprint density at radius 3 is 3.12 bits per heavy atom. The molecule has 0 spiro atoms. The molecule has 1 aliphatic heterocycles. The lowest BCUT2D eigenvalue weighted by Crippen LogP contribution is -2.21. The van der Waals surface area contributed by atoms with E-state index >= 15 is 0 Å². The van der Waals surface area contributed by atoms with E-state index in [1.54, 1.807) is 6.92 Å². The lowest BCUT2D eigenvalue weighted by Gasteiger charge is -2.10. The van der Waals surface area contributed by atoms with Crippen LogP contribution in [0.4, 0.5) is 0 Å². The van der Waals surface area contributed by atoms with E-state index in [9.17, 15) is 4.79 Å². The van der Waals surface area contributed by atoms with Crippen molar-refractivity contribution >= 4 is 21.8 Å². The SMILES string of the molecule is CC(=O)NCCCc1c(Br)ccc2c1CCO2. The molecule has 0 bridgehead atoms. The van der Waals surface area contributed by atoms with Gasteiger partial charge in [0.1, 0.15) is 5.75 Å². The van der Waals surface area contributed by atoms with E-state index in [0.29, 0.717) is 0 Å². The number of benzene rings is 1. The van der Waals surface area contributed by atoms with Crippen LogP contribution in [0, 0.1) is 0 Å². The predicted molar refractivity (Wildman–Crippen MR) is 70.3 cm³/mol. The number of halogens is 1. The Morgan fingerprint density at radius 1 is 1.53 bits per heavy atom. The standard InChI is InChI=1S/C13H16BrNO2/c1-9(16)15-7-2-3-10-11-6-8-17-13(11)5-4-12(10)14/h4-5H,2-3,6-8H2,1H3,(H,15,16). The van der Waals surface area contributed by atoms with E-state index in [1.807, 2.05) is 12.1 Å². The van der Waals surface area contributed by atoms with Crippen molar-refractivity contribution in [2.45, 2.75) is 26.2 Å². The van der Waals surface area contributed by atoms with E-state index in [-0.39, 0.29) is 5.91 Å². The molecule has 1 aromatic rings. The van der Waals surface area contributed by atoms with Crippen LogP contribution < -0.4 is 10.1 Å². The molecule has 0 radical (unpaired) electrons. The molecule has 0 aliphatic carbocycles. The van der Waals surface area contributed by atoms with Gasteiger partial charge < -0.3 is 10.1 Å². The minimum absolute atomic E-state index is 0.0330. The zero-order valence-corrected chi connectivity index (χ0v) is 11.5.